The van der Waals surface area contributed by atoms with Crippen molar-refractivity contribution in [2.75, 3.05) is 25.2 Å². The first kappa shape index (κ1) is 9.87. The topological polar surface area (TPSA) is 55.4 Å². The third-order valence-corrected chi connectivity index (χ3v) is 1.71. The highest BCUT2D eigenvalue weighted by molar-refractivity contribution is 7.90. The SMILES string of the molecule is CCNOCCS(C)(=O)=O. The Morgan fingerprint density at radius 2 is 2.10 bits per heavy atom. The lowest BCUT2D eigenvalue weighted by molar-refractivity contribution is 0.0560. The Bertz CT molecular complexity index is 164. The molecule has 0 aromatic carbocycles. The van der Waals surface area contributed by atoms with Crippen LogP contribution in [0.25, 0.3) is 0 Å². The summed E-state index contributed by atoms with van der Waals surface area (Å²) in [5.74, 6) is 0.0694. The molecule has 0 aliphatic rings. The van der Waals surface area contributed by atoms with Gasteiger partial charge in [-0.3, -0.25) is 0 Å². The summed E-state index contributed by atoms with van der Waals surface area (Å²) in [5.41, 5.74) is 2.56. The highest BCUT2D eigenvalue weighted by Crippen LogP contribution is 1.80. The van der Waals surface area contributed by atoms with Crippen LogP contribution in [0.5, 0.6) is 0 Å². The number of sulfone groups is 1. The summed E-state index contributed by atoms with van der Waals surface area (Å²) in [6.07, 6.45) is 1.18. The van der Waals surface area contributed by atoms with Crippen LogP contribution in [0, 0.1) is 0 Å². The van der Waals surface area contributed by atoms with Crippen LogP contribution in [0.4, 0.5) is 0 Å². The summed E-state index contributed by atoms with van der Waals surface area (Å²) in [5, 5.41) is 0. The van der Waals surface area contributed by atoms with Crippen LogP contribution < -0.4 is 5.48 Å². The summed E-state index contributed by atoms with van der Waals surface area (Å²) in [6, 6.07) is 0. The molecule has 0 rings (SSSR count). The molecule has 0 amide bonds. The van der Waals surface area contributed by atoms with Gasteiger partial charge in [0.15, 0.2) is 0 Å². The molecule has 5 heteroatoms. The van der Waals surface area contributed by atoms with E-state index in [4.69, 9.17) is 4.84 Å². The van der Waals surface area contributed by atoms with Gasteiger partial charge in [-0.05, 0) is 0 Å². The molecular formula is C5H13NO3S. The number of hydrogen-bond acceptors (Lipinski definition) is 4. The molecule has 0 aromatic heterocycles. The molecule has 62 valence electrons. The maximum atomic E-state index is 10.5. The van der Waals surface area contributed by atoms with Gasteiger partial charge in [-0.15, -0.1) is 0 Å². The average molecular weight is 167 g/mol. The Kier molecular flexibility index (Phi) is 4.59. The number of rotatable bonds is 5. The highest BCUT2D eigenvalue weighted by atomic mass is 32.2. The first-order chi connectivity index (χ1) is 4.56. The van der Waals surface area contributed by atoms with E-state index in [9.17, 15) is 8.42 Å². The van der Waals surface area contributed by atoms with Gasteiger partial charge in [-0.25, -0.2) is 13.9 Å². The van der Waals surface area contributed by atoms with Gasteiger partial charge in [-0.1, -0.05) is 6.92 Å². The number of nitrogens with one attached hydrogen (secondary N) is 1. The molecule has 0 atom stereocenters. The molecule has 0 aliphatic carbocycles. The lowest BCUT2D eigenvalue weighted by Crippen LogP contribution is -2.19. The third-order valence-electron chi connectivity index (χ3n) is 0.803. The Balaban J connectivity index is 3.21. The van der Waals surface area contributed by atoms with Crippen molar-refractivity contribution in [3.63, 3.8) is 0 Å². The summed E-state index contributed by atoms with van der Waals surface area (Å²) in [7, 11) is -2.87. The second kappa shape index (κ2) is 4.65. The minimum Gasteiger partial charge on any atom is -0.301 e. The quantitative estimate of drug-likeness (QED) is 0.446. The van der Waals surface area contributed by atoms with Gasteiger partial charge in [-0.2, -0.15) is 0 Å². The summed E-state index contributed by atoms with van der Waals surface area (Å²) >= 11 is 0. The van der Waals surface area contributed by atoms with Crippen molar-refractivity contribution in [2.24, 2.45) is 0 Å². The molecule has 4 nitrogen and oxygen atoms in total. The maximum absolute atomic E-state index is 10.5. The Hall–Kier alpha value is -0.130. The fraction of sp³-hybridized carbons (Fsp3) is 1.00. The molecular weight excluding hydrogens is 154 g/mol. The average Bonchev–Trinajstić information content (AvgIpc) is 1.78. The molecule has 0 saturated heterocycles. The van der Waals surface area contributed by atoms with Gasteiger partial charge in [0, 0.05) is 12.8 Å². The molecule has 0 bridgehead atoms. The second-order valence-electron chi connectivity index (χ2n) is 1.98. The second-order valence-corrected chi connectivity index (χ2v) is 4.24. The van der Waals surface area contributed by atoms with Crippen molar-refractivity contribution in [1.82, 2.24) is 5.48 Å². The van der Waals surface area contributed by atoms with Crippen molar-refractivity contribution < 1.29 is 13.3 Å². The Morgan fingerprint density at radius 1 is 1.50 bits per heavy atom. The minimum atomic E-state index is -2.87. The van der Waals surface area contributed by atoms with Crippen LogP contribution in [-0.2, 0) is 14.7 Å². The van der Waals surface area contributed by atoms with E-state index in [-0.39, 0.29) is 12.4 Å². The van der Waals surface area contributed by atoms with E-state index in [1.807, 2.05) is 6.92 Å². The summed E-state index contributed by atoms with van der Waals surface area (Å²) in [6.45, 7) is 2.77. The highest BCUT2D eigenvalue weighted by Gasteiger charge is 1.99. The molecule has 0 aromatic rings. The molecule has 0 spiro atoms. The van der Waals surface area contributed by atoms with E-state index in [2.05, 4.69) is 5.48 Å². The van der Waals surface area contributed by atoms with Gasteiger partial charge < -0.3 is 4.84 Å². The number of hydroxylamine groups is 1. The predicted octanol–water partition coefficient (Wildman–Crippen LogP) is -0.428. The van der Waals surface area contributed by atoms with Gasteiger partial charge in [0.25, 0.3) is 0 Å². The van der Waals surface area contributed by atoms with Gasteiger partial charge in [0.2, 0.25) is 0 Å². The molecule has 10 heavy (non-hydrogen) atoms. The van der Waals surface area contributed by atoms with Crippen LogP contribution in [0.2, 0.25) is 0 Å². The number of hydrogen-bond donors (Lipinski definition) is 1. The maximum Gasteiger partial charge on any atom is 0.149 e. The van der Waals surface area contributed by atoms with E-state index < -0.39 is 9.84 Å². The third kappa shape index (κ3) is 7.87. The fourth-order valence-electron chi connectivity index (χ4n) is 0.367. The van der Waals surface area contributed by atoms with Gasteiger partial charge in [0.05, 0.1) is 12.4 Å². The van der Waals surface area contributed by atoms with E-state index in [1.54, 1.807) is 0 Å². The lowest BCUT2D eigenvalue weighted by atomic mass is 10.8. The molecule has 1 N–H and O–H groups in total. The zero-order valence-electron chi connectivity index (χ0n) is 6.25. The smallest absolute Gasteiger partial charge is 0.149 e. The fourth-order valence-corrected chi connectivity index (χ4v) is 0.753. The van der Waals surface area contributed by atoms with E-state index in [1.165, 1.54) is 6.26 Å². The normalized spacial score (nSPS) is 11.8. The summed E-state index contributed by atoms with van der Waals surface area (Å²) < 4.78 is 21.0. The van der Waals surface area contributed by atoms with Crippen LogP contribution in [0.1, 0.15) is 6.92 Å². The first-order valence-corrected chi connectivity index (χ1v) is 5.14. The molecule has 0 heterocycles. The molecule has 0 saturated carbocycles. The van der Waals surface area contributed by atoms with Crippen LogP contribution >= 0.6 is 0 Å². The van der Waals surface area contributed by atoms with Crippen LogP contribution in [0.3, 0.4) is 0 Å². The summed E-state index contributed by atoms with van der Waals surface area (Å²) in [4.78, 5) is 4.73. The largest absolute Gasteiger partial charge is 0.301 e. The molecule has 0 fully saturated rings. The van der Waals surface area contributed by atoms with Crippen molar-refractivity contribution in [3.05, 3.63) is 0 Å². The zero-order chi connectivity index (χ0) is 8.04. The first-order valence-electron chi connectivity index (χ1n) is 3.08. The van der Waals surface area contributed by atoms with Crippen molar-refractivity contribution in [3.8, 4) is 0 Å². The molecule has 0 radical (unpaired) electrons. The van der Waals surface area contributed by atoms with Crippen LogP contribution in [0.15, 0.2) is 0 Å². The Labute approximate surface area is 61.4 Å². The lowest BCUT2D eigenvalue weighted by Gasteiger charge is -2.00. The van der Waals surface area contributed by atoms with Gasteiger partial charge >= 0.3 is 0 Å². The minimum absolute atomic E-state index is 0.0694. The standard InChI is InChI=1S/C5H13NO3S/c1-3-6-9-4-5-10(2,7)8/h6H,3-5H2,1-2H3. The monoisotopic (exact) mass is 167 g/mol. The molecule has 0 aliphatic heterocycles. The van der Waals surface area contributed by atoms with E-state index in [0.717, 1.165) is 0 Å². The van der Waals surface area contributed by atoms with E-state index in [0.29, 0.717) is 6.54 Å². The van der Waals surface area contributed by atoms with Crippen molar-refractivity contribution in [1.29, 1.82) is 0 Å². The Morgan fingerprint density at radius 3 is 2.50 bits per heavy atom. The predicted molar refractivity (Wildman–Crippen MR) is 39.3 cm³/mol. The van der Waals surface area contributed by atoms with E-state index >= 15 is 0 Å². The van der Waals surface area contributed by atoms with Crippen LogP contribution in [-0.4, -0.2) is 33.6 Å². The zero-order valence-corrected chi connectivity index (χ0v) is 7.07. The van der Waals surface area contributed by atoms with Gasteiger partial charge in [0.1, 0.15) is 9.84 Å². The van der Waals surface area contributed by atoms with Crippen molar-refractivity contribution in [2.45, 2.75) is 6.92 Å². The van der Waals surface area contributed by atoms with Crippen molar-refractivity contribution >= 4 is 9.84 Å². The molecule has 0 unspecified atom stereocenters.